The second kappa shape index (κ2) is 6.89. The van der Waals surface area contributed by atoms with Crippen LogP contribution in [0.15, 0.2) is 0 Å². The number of nitrogens with one attached hydrogen (secondary N) is 1. The maximum Gasteiger partial charge on any atom is 0.248 e. The second-order valence-corrected chi connectivity index (χ2v) is 5.40. The maximum atomic E-state index is 12.7. The third-order valence-electron chi connectivity index (χ3n) is 3.94. The molecule has 5 nitrogen and oxygen atoms in total. The zero-order chi connectivity index (χ0) is 14.5. The lowest BCUT2D eigenvalue weighted by Crippen LogP contribution is -2.62. The summed E-state index contributed by atoms with van der Waals surface area (Å²) in [5.74, 6) is -0.186. The molecule has 0 aromatic rings. The quantitative estimate of drug-likeness (QED) is 0.782. The van der Waals surface area contributed by atoms with Gasteiger partial charge in [0.15, 0.2) is 0 Å². The van der Waals surface area contributed by atoms with Crippen LogP contribution in [0, 0.1) is 0 Å². The van der Waals surface area contributed by atoms with Gasteiger partial charge in [0.1, 0.15) is 5.54 Å². The average Bonchev–Trinajstić information content (AvgIpc) is 2.40. The monoisotopic (exact) mass is 269 g/mol. The number of nitrogens with two attached hydrogens (primary N) is 1. The predicted molar refractivity (Wildman–Crippen MR) is 75.5 cm³/mol. The standard InChI is InChI=1S/C14H27N3O2/c1-4-17(5-2)13(19)14(9-7-6-8-10-14)16-12(18)11(3)15/h11H,4-10,15H2,1-3H3,(H,16,18)/t11-/m0/s1. The molecule has 0 spiro atoms. The number of carbonyl (C=O) groups is 2. The summed E-state index contributed by atoms with van der Waals surface area (Å²) in [6, 6.07) is -0.580. The van der Waals surface area contributed by atoms with Gasteiger partial charge < -0.3 is 16.0 Å². The van der Waals surface area contributed by atoms with Crippen LogP contribution in [0.3, 0.4) is 0 Å². The molecule has 0 aliphatic heterocycles. The van der Waals surface area contributed by atoms with Crippen molar-refractivity contribution in [3.8, 4) is 0 Å². The molecule has 1 atom stereocenters. The molecule has 3 N–H and O–H groups in total. The third-order valence-corrected chi connectivity index (χ3v) is 3.94. The van der Waals surface area contributed by atoms with E-state index >= 15 is 0 Å². The van der Waals surface area contributed by atoms with Crippen LogP contribution in [0.1, 0.15) is 52.9 Å². The number of rotatable bonds is 5. The van der Waals surface area contributed by atoms with Gasteiger partial charge >= 0.3 is 0 Å². The van der Waals surface area contributed by atoms with Crippen molar-refractivity contribution < 1.29 is 9.59 Å². The van der Waals surface area contributed by atoms with Crippen molar-refractivity contribution in [1.82, 2.24) is 10.2 Å². The Balaban J connectivity index is 2.92. The van der Waals surface area contributed by atoms with Crippen LogP contribution in [0.25, 0.3) is 0 Å². The maximum absolute atomic E-state index is 12.7. The fourth-order valence-electron chi connectivity index (χ4n) is 2.71. The molecule has 1 rings (SSSR count). The Bertz CT molecular complexity index is 319. The number of carbonyl (C=O) groups excluding carboxylic acids is 2. The van der Waals surface area contributed by atoms with Crippen molar-refractivity contribution >= 4 is 11.8 Å². The predicted octanol–water partition coefficient (Wildman–Crippen LogP) is 1.02. The fourth-order valence-corrected chi connectivity index (χ4v) is 2.71. The Kier molecular flexibility index (Phi) is 5.79. The molecule has 0 unspecified atom stereocenters. The highest BCUT2D eigenvalue weighted by Gasteiger charge is 2.42. The molecule has 110 valence electrons. The van der Waals surface area contributed by atoms with Crippen molar-refractivity contribution in [2.45, 2.75) is 64.5 Å². The summed E-state index contributed by atoms with van der Waals surface area (Å²) in [5, 5.41) is 2.93. The molecule has 0 heterocycles. The zero-order valence-electron chi connectivity index (χ0n) is 12.4. The van der Waals surface area contributed by atoms with Gasteiger partial charge in [-0.05, 0) is 33.6 Å². The first kappa shape index (κ1) is 16.0. The van der Waals surface area contributed by atoms with Gasteiger partial charge in [-0.25, -0.2) is 0 Å². The van der Waals surface area contributed by atoms with Gasteiger partial charge in [-0.15, -0.1) is 0 Å². The molecule has 0 aromatic carbocycles. The first-order valence-corrected chi connectivity index (χ1v) is 7.33. The van der Waals surface area contributed by atoms with Crippen molar-refractivity contribution in [3.63, 3.8) is 0 Å². The van der Waals surface area contributed by atoms with Crippen molar-refractivity contribution in [2.24, 2.45) is 5.73 Å². The van der Waals surface area contributed by atoms with E-state index in [1.807, 2.05) is 13.8 Å². The Morgan fingerprint density at radius 1 is 1.21 bits per heavy atom. The Morgan fingerprint density at radius 3 is 2.16 bits per heavy atom. The van der Waals surface area contributed by atoms with Crippen LogP contribution < -0.4 is 11.1 Å². The summed E-state index contributed by atoms with van der Waals surface area (Å²) in [5.41, 5.74) is 4.89. The summed E-state index contributed by atoms with van der Waals surface area (Å²) in [7, 11) is 0. The molecule has 1 fully saturated rings. The number of hydrogen-bond donors (Lipinski definition) is 2. The molecule has 1 aliphatic carbocycles. The number of amides is 2. The van der Waals surface area contributed by atoms with Crippen LogP contribution in [0.2, 0.25) is 0 Å². The van der Waals surface area contributed by atoms with Gasteiger partial charge in [-0.3, -0.25) is 9.59 Å². The SMILES string of the molecule is CCN(CC)C(=O)C1(NC(=O)[C@H](C)N)CCCCC1. The lowest BCUT2D eigenvalue weighted by molar-refractivity contribution is -0.143. The van der Waals surface area contributed by atoms with E-state index in [2.05, 4.69) is 5.32 Å². The van der Waals surface area contributed by atoms with Gasteiger partial charge in [-0.2, -0.15) is 0 Å². The second-order valence-electron chi connectivity index (χ2n) is 5.40. The van der Waals surface area contributed by atoms with Gasteiger partial charge in [0.05, 0.1) is 6.04 Å². The van der Waals surface area contributed by atoms with Gasteiger partial charge in [0.25, 0.3) is 0 Å². The van der Waals surface area contributed by atoms with Crippen molar-refractivity contribution in [3.05, 3.63) is 0 Å². The zero-order valence-corrected chi connectivity index (χ0v) is 12.4. The average molecular weight is 269 g/mol. The summed E-state index contributed by atoms with van der Waals surface area (Å²) >= 11 is 0. The molecule has 1 aliphatic rings. The lowest BCUT2D eigenvalue weighted by atomic mass is 9.80. The van der Waals surface area contributed by atoms with E-state index in [0.29, 0.717) is 13.1 Å². The smallest absolute Gasteiger partial charge is 0.248 e. The molecule has 5 heteroatoms. The van der Waals surface area contributed by atoms with Crippen molar-refractivity contribution in [1.29, 1.82) is 0 Å². The minimum atomic E-state index is -0.727. The summed E-state index contributed by atoms with van der Waals surface area (Å²) in [6.07, 6.45) is 4.53. The molecule has 0 aromatic heterocycles. The van der Waals surface area contributed by atoms with Crippen LogP contribution in [-0.4, -0.2) is 41.4 Å². The number of hydrogen-bond acceptors (Lipinski definition) is 3. The normalized spacial score (nSPS) is 19.6. The van der Waals surface area contributed by atoms with E-state index in [1.54, 1.807) is 11.8 Å². The highest BCUT2D eigenvalue weighted by atomic mass is 16.2. The molecular weight excluding hydrogens is 242 g/mol. The first-order valence-electron chi connectivity index (χ1n) is 7.33. The largest absolute Gasteiger partial charge is 0.341 e. The minimum absolute atomic E-state index is 0.0474. The fraction of sp³-hybridized carbons (Fsp3) is 0.857. The summed E-state index contributed by atoms with van der Waals surface area (Å²) in [4.78, 5) is 26.4. The van der Waals surface area contributed by atoms with E-state index < -0.39 is 11.6 Å². The first-order chi connectivity index (χ1) is 8.96. The van der Waals surface area contributed by atoms with E-state index in [1.165, 1.54) is 0 Å². The Labute approximate surface area is 115 Å². The topological polar surface area (TPSA) is 75.4 Å². The van der Waals surface area contributed by atoms with Crippen LogP contribution in [0.4, 0.5) is 0 Å². The molecule has 0 bridgehead atoms. The molecule has 2 amide bonds. The third kappa shape index (κ3) is 3.69. The highest BCUT2D eigenvalue weighted by molar-refractivity contribution is 5.93. The molecule has 19 heavy (non-hydrogen) atoms. The van der Waals surface area contributed by atoms with Crippen molar-refractivity contribution in [2.75, 3.05) is 13.1 Å². The summed E-state index contributed by atoms with van der Waals surface area (Å²) < 4.78 is 0. The molecule has 0 saturated heterocycles. The molecule has 0 radical (unpaired) electrons. The van der Waals surface area contributed by atoms with Gasteiger partial charge in [0, 0.05) is 13.1 Å². The highest BCUT2D eigenvalue weighted by Crippen LogP contribution is 2.30. The van der Waals surface area contributed by atoms with E-state index in [4.69, 9.17) is 5.73 Å². The summed E-state index contributed by atoms with van der Waals surface area (Å²) in [6.45, 7) is 6.92. The Hall–Kier alpha value is -1.10. The van der Waals surface area contributed by atoms with E-state index in [9.17, 15) is 9.59 Å². The van der Waals surface area contributed by atoms with E-state index in [-0.39, 0.29) is 11.8 Å². The van der Waals surface area contributed by atoms with Crippen LogP contribution in [-0.2, 0) is 9.59 Å². The Morgan fingerprint density at radius 2 is 1.74 bits per heavy atom. The van der Waals surface area contributed by atoms with E-state index in [0.717, 1.165) is 32.1 Å². The minimum Gasteiger partial charge on any atom is -0.341 e. The van der Waals surface area contributed by atoms with Crippen LogP contribution in [0.5, 0.6) is 0 Å². The molecular formula is C14H27N3O2. The molecule has 1 saturated carbocycles. The number of nitrogens with zero attached hydrogens (tertiary/aromatic N) is 1. The van der Waals surface area contributed by atoms with Crippen LogP contribution >= 0.6 is 0 Å². The van der Waals surface area contributed by atoms with Gasteiger partial charge in [0.2, 0.25) is 11.8 Å². The lowest BCUT2D eigenvalue weighted by Gasteiger charge is -2.40. The van der Waals surface area contributed by atoms with Gasteiger partial charge in [-0.1, -0.05) is 19.3 Å². The number of likely N-dealkylation sites (N-methyl/N-ethyl adjacent to an activating group) is 1.